The van der Waals surface area contributed by atoms with Crippen LogP contribution in [0.4, 0.5) is 5.69 Å². The molecule has 0 aliphatic rings. The third-order valence-corrected chi connectivity index (χ3v) is 6.11. The Hall–Kier alpha value is -1.34. The number of halogens is 2. The highest BCUT2D eigenvalue weighted by Gasteiger charge is 2.15. The zero-order valence-corrected chi connectivity index (χ0v) is 17.0. The first-order valence-electron chi connectivity index (χ1n) is 7.46. The Morgan fingerprint density at radius 3 is 2.52 bits per heavy atom. The number of fused-ring (bicyclic) bond motifs is 1. The number of aromatic nitrogens is 2. The Balaban J connectivity index is 1.77. The Morgan fingerprint density at radius 2 is 1.84 bits per heavy atom. The average molecular weight is 412 g/mol. The van der Waals surface area contributed by atoms with E-state index in [9.17, 15) is 4.79 Å². The Kier molecular flexibility index (Phi) is 5.53. The van der Waals surface area contributed by atoms with Crippen molar-refractivity contribution in [2.75, 3.05) is 11.1 Å². The number of amides is 1. The maximum absolute atomic E-state index is 12.3. The first-order valence-corrected chi connectivity index (χ1v) is 10.0. The quantitative estimate of drug-likeness (QED) is 0.444. The van der Waals surface area contributed by atoms with Gasteiger partial charge in [0.05, 0.1) is 5.75 Å². The summed E-state index contributed by atoms with van der Waals surface area (Å²) in [6.45, 7) is 5.99. The van der Waals surface area contributed by atoms with E-state index in [-0.39, 0.29) is 11.7 Å². The first-order chi connectivity index (χ1) is 11.8. The first kappa shape index (κ1) is 18.5. The Bertz CT molecular complexity index is 952. The summed E-state index contributed by atoms with van der Waals surface area (Å²) in [6, 6.07) is 4.94. The lowest BCUT2D eigenvalue weighted by molar-refractivity contribution is -0.113. The minimum Gasteiger partial charge on any atom is -0.325 e. The molecule has 0 atom stereocenters. The van der Waals surface area contributed by atoms with Gasteiger partial charge in [0.1, 0.15) is 15.7 Å². The van der Waals surface area contributed by atoms with Crippen molar-refractivity contribution in [2.24, 2.45) is 0 Å². The van der Waals surface area contributed by atoms with Crippen molar-refractivity contribution in [3.05, 3.63) is 44.5 Å². The highest BCUT2D eigenvalue weighted by Crippen LogP contribution is 2.35. The molecular weight excluding hydrogens is 397 g/mol. The predicted molar refractivity (Wildman–Crippen MR) is 107 cm³/mol. The van der Waals surface area contributed by atoms with Crippen molar-refractivity contribution in [1.82, 2.24) is 9.97 Å². The van der Waals surface area contributed by atoms with E-state index in [0.717, 1.165) is 15.2 Å². The van der Waals surface area contributed by atoms with Gasteiger partial charge < -0.3 is 5.32 Å². The summed E-state index contributed by atoms with van der Waals surface area (Å²) < 4.78 is 0. The molecule has 2 aromatic heterocycles. The van der Waals surface area contributed by atoms with E-state index < -0.39 is 0 Å². The van der Waals surface area contributed by atoms with Crippen LogP contribution in [0.3, 0.4) is 0 Å². The summed E-state index contributed by atoms with van der Waals surface area (Å²) in [6.07, 6.45) is 0. The number of nitrogens with one attached hydrogen (secondary N) is 1. The maximum atomic E-state index is 12.3. The topological polar surface area (TPSA) is 54.9 Å². The molecule has 0 aliphatic heterocycles. The summed E-state index contributed by atoms with van der Waals surface area (Å²) in [7, 11) is 0. The number of thiophene rings is 1. The lowest BCUT2D eigenvalue weighted by Gasteiger charge is -2.07. The van der Waals surface area contributed by atoms with Gasteiger partial charge in [0.15, 0.2) is 0 Å². The molecule has 1 N–H and O–H groups in total. The number of hydrogen-bond acceptors (Lipinski definition) is 5. The van der Waals surface area contributed by atoms with E-state index in [0.29, 0.717) is 21.6 Å². The normalized spacial score (nSPS) is 11.1. The predicted octanol–water partition coefficient (Wildman–Crippen LogP) is 5.65. The molecule has 1 amide bonds. The van der Waals surface area contributed by atoms with Crippen LogP contribution in [-0.2, 0) is 4.79 Å². The van der Waals surface area contributed by atoms with Crippen molar-refractivity contribution in [3.8, 4) is 0 Å². The molecule has 2 heterocycles. The molecule has 4 nitrogen and oxygen atoms in total. The summed E-state index contributed by atoms with van der Waals surface area (Å²) in [5.74, 6) is 0.806. The molecule has 130 valence electrons. The van der Waals surface area contributed by atoms with Gasteiger partial charge in [-0.3, -0.25) is 4.79 Å². The monoisotopic (exact) mass is 411 g/mol. The molecule has 0 aliphatic carbocycles. The molecule has 0 bridgehead atoms. The van der Waals surface area contributed by atoms with Crippen LogP contribution in [0, 0.1) is 20.8 Å². The van der Waals surface area contributed by atoms with Gasteiger partial charge in [-0.2, -0.15) is 0 Å². The fraction of sp³-hybridized carbons (Fsp3) is 0.235. The average Bonchev–Trinajstić information content (AvgIpc) is 2.78. The third kappa shape index (κ3) is 4.26. The number of thioether (sulfide) groups is 1. The molecule has 3 rings (SSSR count). The minimum absolute atomic E-state index is 0.141. The zero-order valence-electron chi connectivity index (χ0n) is 13.8. The molecule has 8 heteroatoms. The number of carbonyl (C=O) groups is 1. The van der Waals surface area contributed by atoms with Crippen LogP contribution in [-0.4, -0.2) is 21.6 Å². The lowest BCUT2D eigenvalue weighted by atomic mass is 10.2. The number of rotatable bonds is 4. The van der Waals surface area contributed by atoms with Crippen LogP contribution in [0.25, 0.3) is 10.2 Å². The summed E-state index contributed by atoms with van der Waals surface area (Å²) in [5, 5.41) is 5.64. The molecule has 0 spiro atoms. The molecule has 0 radical (unpaired) electrons. The largest absolute Gasteiger partial charge is 0.325 e. The molecule has 0 saturated heterocycles. The number of hydrogen-bond donors (Lipinski definition) is 1. The standard InChI is InChI=1S/C17H15Cl2N3OS2/c1-8-9(2)25-17-15(8)16(20-10(3)21-17)24-7-14(23)22-13-5-11(18)4-12(19)6-13/h4-6H,7H2,1-3H3,(H,22,23). The van der Waals surface area contributed by atoms with Gasteiger partial charge in [0.2, 0.25) is 5.91 Å². The zero-order chi connectivity index (χ0) is 18.1. The molecule has 1 aromatic carbocycles. The summed E-state index contributed by atoms with van der Waals surface area (Å²) in [5.41, 5.74) is 1.75. The fourth-order valence-corrected chi connectivity index (χ4v) is 4.97. The van der Waals surface area contributed by atoms with Crippen molar-refractivity contribution in [2.45, 2.75) is 25.8 Å². The number of carbonyl (C=O) groups excluding carboxylic acids is 1. The Labute approximate surface area is 164 Å². The highest BCUT2D eigenvalue weighted by molar-refractivity contribution is 8.00. The van der Waals surface area contributed by atoms with Gasteiger partial charge in [0.25, 0.3) is 0 Å². The van der Waals surface area contributed by atoms with E-state index in [1.807, 2.05) is 6.92 Å². The van der Waals surface area contributed by atoms with Crippen LogP contribution >= 0.6 is 46.3 Å². The number of benzene rings is 1. The van der Waals surface area contributed by atoms with Crippen molar-refractivity contribution in [3.63, 3.8) is 0 Å². The van der Waals surface area contributed by atoms with E-state index >= 15 is 0 Å². The van der Waals surface area contributed by atoms with Gasteiger partial charge in [-0.05, 0) is 44.5 Å². The third-order valence-electron chi connectivity index (χ3n) is 3.59. The summed E-state index contributed by atoms with van der Waals surface area (Å²) >= 11 is 15.0. The number of aryl methyl sites for hydroxylation is 3. The highest BCUT2D eigenvalue weighted by atomic mass is 35.5. The van der Waals surface area contributed by atoms with Crippen molar-refractivity contribution < 1.29 is 4.79 Å². The van der Waals surface area contributed by atoms with Crippen molar-refractivity contribution in [1.29, 1.82) is 0 Å². The second-order valence-electron chi connectivity index (χ2n) is 5.53. The molecule has 0 unspecified atom stereocenters. The minimum atomic E-state index is -0.141. The number of anilines is 1. The second-order valence-corrected chi connectivity index (χ2v) is 8.57. The second kappa shape index (κ2) is 7.50. The van der Waals surface area contributed by atoms with Crippen LogP contribution in [0.5, 0.6) is 0 Å². The number of nitrogens with zero attached hydrogens (tertiary/aromatic N) is 2. The van der Waals surface area contributed by atoms with Crippen molar-refractivity contribution >= 4 is 68.1 Å². The van der Waals surface area contributed by atoms with Gasteiger partial charge in [-0.15, -0.1) is 11.3 Å². The SMILES string of the molecule is Cc1nc(SCC(=O)Nc2cc(Cl)cc(Cl)c2)c2c(C)c(C)sc2n1. The van der Waals surface area contributed by atoms with E-state index in [4.69, 9.17) is 23.2 Å². The van der Waals surface area contributed by atoms with Crippen LogP contribution < -0.4 is 5.32 Å². The molecular formula is C17H15Cl2N3OS2. The molecule has 3 aromatic rings. The smallest absolute Gasteiger partial charge is 0.234 e. The van der Waals surface area contributed by atoms with Gasteiger partial charge in [0, 0.05) is 26.0 Å². The van der Waals surface area contributed by atoms with E-state index in [1.54, 1.807) is 29.5 Å². The van der Waals surface area contributed by atoms with Gasteiger partial charge in [-0.25, -0.2) is 9.97 Å². The molecule has 25 heavy (non-hydrogen) atoms. The van der Waals surface area contributed by atoms with E-state index in [2.05, 4.69) is 29.1 Å². The lowest BCUT2D eigenvalue weighted by Crippen LogP contribution is -2.14. The van der Waals surface area contributed by atoms with Gasteiger partial charge in [-0.1, -0.05) is 35.0 Å². The maximum Gasteiger partial charge on any atom is 0.234 e. The van der Waals surface area contributed by atoms with Crippen LogP contribution in [0.1, 0.15) is 16.3 Å². The summed E-state index contributed by atoms with van der Waals surface area (Å²) in [4.78, 5) is 23.5. The Morgan fingerprint density at radius 1 is 1.16 bits per heavy atom. The van der Waals surface area contributed by atoms with E-state index in [1.165, 1.54) is 22.2 Å². The van der Waals surface area contributed by atoms with Crippen LogP contribution in [0.15, 0.2) is 23.2 Å². The van der Waals surface area contributed by atoms with Gasteiger partial charge >= 0.3 is 0 Å². The van der Waals surface area contributed by atoms with Crippen LogP contribution in [0.2, 0.25) is 10.0 Å². The molecule has 0 fully saturated rings. The fourth-order valence-electron chi connectivity index (χ4n) is 2.38. The molecule has 0 saturated carbocycles.